The zero-order valence-corrected chi connectivity index (χ0v) is 8.96. The molecular weight excluding hydrogens is 215 g/mol. The van der Waals surface area contributed by atoms with Gasteiger partial charge in [0.25, 0.3) is 0 Å². The quantitative estimate of drug-likeness (QED) is 0.828. The highest BCUT2D eigenvalue weighted by molar-refractivity contribution is 5.36. The lowest BCUT2D eigenvalue weighted by molar-refractivity contribution is -0.138. The van der Waals surface area contributed by atoms with Crippen LogP contribution in [0.15, 0.2) is 24.3 Å². The molecule has 1 aromatic carbocycles. The molecule has 0 spiro atoms. The largest absolute Gasteiger partial charge is 0.416 e. The number of rotatable bonds is 2. The monoisotopic (exact) mass is 229 g/mol. The van der Waals surface area contributed by atoms with E-state index in [0.29, 0.717) is 5.56 Å². The molecule has 0 amide bonds. The minimum absolute atomic E-state index is 0.0159. The lowest BCUT2D eigenvalue weighted by atomic mass is 10.0. The Kier molecular flexibility index (Phi) is 2.70. The van der Waals surface area contributed by atoms with E-state index in [1.54, 1.807) is 12.1 Å². The van der Waals surface area contributed by atoms with Crippen LogP contribution in [0.2, 0.25) is 0 Å². The number of hydrogen-bond acceptors (Lipinski definition) is 1. The van der Waals surface area contributed by atoms with E-state index in [2.05, 4.69) is 0 Å². The van der Waals surface area contributed by atoms with E-state index < -0.39 is 11.7 Å². The first-order valence-corrected chi connectivity index (χ1v) is 5.33. The summed E-state index contributed by atoms with van der Waals surface area (Å²) in [5.41, 5.74) is 5.59. The molecule has 4 heteroatoms. The Morgan fingerprint density at radius 3 is 2.44 bits per heavy atom. The maximum atomic E-state index is 12.7. The maximum absolute atomic E-state index is 12.7. The van der Waals surface area contributed by atoms with E-state index in [1.165, 1.54) is 6.07 Å². The third-order valence-electron chi connectivity index (χ3n) is 3.18. The summed E-state index contributed by atoms with van der Waals surface area (Å²) >= 11 is 0. The maximum Gasteiger partial charge on any atom is 0.416 e. The van der Waals surface area contributed by atoms with Gasteiger partial charge in [0, 0.05) is 6.04 Å². The number of halogens is 3. The van der Waals surface area contributed by atoms with Crippen LogP contribution in [0.3, 0.4) is 0 Å². The predicted molar refractivity (Wildman–Crippen MR) is 55.9 cm³/mol. The van der Waals surface area contributed by atoms with Gasteiger partial charge in [0.15, 0.2) is 0 Å². The fourth-order valence-corrected chi connectivity index (χ4v) is 2.23. The van der Waals surface area contributed by atoms with E-state index in [4.69, 9.17) is 5.73 Å². The molecule has 1 saturated carbocycles. The molecule has 0 bridgehead atoms. The van der Waals surface area contributed by atoms with Crippen LogP contribution in [0.1, 0.15) is 30.4 Å². The number of hydrogen-bond donors (Lipinski definition) is 1. The Morgan fingerprint density at radius 2 is 1.94 bits per heavy atom. The summed E-state index contributed by atoms with van der Waals surface area (Å²) in [6.45, 7) is 1.85. The fraction of sp³-hybridized carbons (Fsp3) is 0.500. The van der Waals surface area contributed by atoms with Crippen LogP contribution in [0.25, 0.3) is 0 Å². The Labute approximate surface area is 92.5 Å². The average molecular weight is 229 g/mol. The smallest absolute Gasteiger partial charge is 0.328 e. The average Bonchev–Trinajstić information content (AvgIpc) is 2.95. The third kappa shape index (κ3) is 2.07. The van der Waals surface area contributed by atoms with Crippen molar-refractivity contribution >= 4 is 0 Å². The van der Waals surface area contributed by atoms with Gasteiger partial charge in [-0.25, -0.2) is 0 Å². The Balaban J connectivity index is 2.29. The third-order valence-corrected chi connectivity index (χ3v) is 3.18. The molecule has 0 heterocycles. The minimum atomic E-state index is -4.26. The minimum Gasteiger partial charge on any atom is -0.328 e. The normalized spacial score (nSPS) is 26.6. The van der Waals surface area contributed by atoms with Crippen molar-refractivity contribution in [3.05, 3.63) is 35.4 Å². The van der Waals surface area contributed by atoms with E-state index in [1.807, 2.05) is 6.92 Å². The van der Waals surface area contributed by atoms with Crippen LogP contribution in [0.5, 0.6) is 0 Å². The first kappa shape index (κ1) is 11.5. The topological polar surface area (TPSA) is 26.0 Å². The number of alkyl halides is 3. The van der Waals surface area contributed by atoms with Crippen molar-refractivity contribution < 1.29 is 13.2 Å². The van der Waals surface area contributed by atoms with E-state index in [0.717, 1.165) is 12.5 Å². The van der Waals surface area contributed by atoms with Gasteiger partial charge < -0.3 is 5.73 Å². The molecule has 3 atom stereocenters. The number of nitrogens with two attached hydrogens (primary N) is 1. The van der Waals surface area contributed by atoms with Crippen LogP contribution in [-0.4, -0.2) is 6.04 Å². The molecule has 0 radical (unpaired) electrons. The van der Waals surface area contributed by atoms with Crippen LogP contribution in [0.4, 0.5) is 13.2 Å². The van der Waals surface area contributed by atoms with Gasteiger partial charge in [-0.2, -0.15) is 13.2 Å². The van der Waals surface area contributed by atoms with Crippen LogP contribution in [-0.2, 0) is 6.18 Å². The molecule has 1 fully saturated rings. The summed E-state index contributed by atoms with van der Waals surface area (Å²) in [4.78, 5) is 0. The first-order chi connectivity index (χ1) is 7.41. The molecule has 88 valence electrons. The van der Waals surface area contributed by atoms with E-state index >= 15 is 0 Å². The highest BCUT2D eigenvalue weighted by atomic mass is 19.4. The SMILES string of the molecule is C[C@@H](N)[C@@H]1C[C@@H]1c1ccccc1C(F)(F)F. The zero-order chi connectivity index (χ0) is 11.9. The van der Waals surface area contributed by atoms with Gasteiger partial charge in [-0.1, -0.05) is 18.2 Å². The Bertz CT molecular complexity index is 384. The lowest BCUT2D eigenvalue weighted by Crippen LogP contribution is -2.18. The standard InChI is InChI=1S/C12H14F3N/c1-7(16)9-6-10(9)8-4-2-3-5-11(8)12(13,14)15/h2-5,7,9-10H,6,16H2,1H3/t7-,9+,10-/m1/s1. The van der Waals surface area contributed by atoms with Gasteiger partial charge in [-0.15, -0.1) is 0 Å². The first-order valence-electron chi connectivity index (χ1n) is 5.33. The van der Waals surface area contributed by atoms with Gasteiger partial charge in [0.1, 0.15) is 0 Å². The molecular formula is C12H14F3N. The van der Waals surface area contributed by atoms with Crippen molar-refractivity contribution in [2.45, 2.75) is 31.5 Å². The molecule has 0 unspecified atom stereocenters. The Hall–Kier alpha value is -1.03. The molecule has 1 aliphatic rings. The Morgan fingerprint density at radius 1 is 1.31 bits per heavy atom. The molecule has 1 aromatic rings. The van der Waals surface area contributed by atoms with Crippen LogP contribution < -0.4 is 5.73 Å². The zero-order valence-electron chi connectivity index (χ0n) is 8.96. The second kappa shape index (κ2) is 3.77. The van der Waals surface area contributed by atoms with Crippen molar-refractivity contribution in [3.8, 4) is 0 Å². The second-order valence-corrected chi connectivity index (χ2v) is 4.45. The summed E-state index contributed by atoms with van der Waals surface area (Å²) < 4.78 is 38.2. The molecule has 1 aliphatic carbocycles. The molecule has 2 N–H and O–H groups in total. The highest BCUT2D eigenvalue weighted by Gasteiger charge is 2.45. The number of benzene rings is 1. The van der Waals surface area contributed by atoms with Gasteiger partial charge >= 0.3 is 6.18 Å². The van der Waals surface area contributed by atoms with Crippen LogP contribution >= 0.6 is 0 Å². The van der Waals surface area contributed by atoms with Gasteiger partial charge in [-0.3, -0.25) is 0 Å². The van der Waals surface area contributed by atoms with Crippen LogP contribution in [0, 0.1) is 5.92 Å². The molecule has 16 heavy (non-hydrogen) atoms. The van der Waals surface area contributed by atoms with Crippen molar-refractivity contribution in [1.82, 2.24) is 0 Å². The van der Waals surface area contributed by atoms with Crippen molar-refractivity contribution in [3.63, 3.8) is 0 Å². The van der Waals surface area contributed by atoms with Crippen molar-refractivity contribution in [2.24, 2.45) is 11.7 Å². The van der Waals surface area contributed by atoms with Gasteiger partial charge in [-0.05, 0) is 36.8 Å². The summed E-state index contributed by atoms with van der Waals surface area (Å²) in [6, 6.07) is 5.75. The molecule has 0 aliphatic heterocycles. The summed E-state index contributed by atoms with van der Waals surface area (Å²) in [6.07, 6.45) is -3.49. The fourth-order valence-electron chi connectivity index (χ4n) is 2.23. The van der Waals surface area contributed by atoms with Crippen molar-refractivity contribution in [2.75, 3.05) is 0 Å². The second-order valence-electron chi connectivity index (χ2n) is 4.45. The molecule has 2 rings (SSSR count). The summed E-state index contributed by atoms with van der Waals surface area (Å²) in [5, 5.41) is 0. The lowest BCUT2D eigenvalue weighted by Gasteiger charge is -2.13. The highest BCUT2D eigenvalue weighted by Crippen LogP contribution is 2.51. The van der Waals surface area contributed by atoms with Crippen molar-refractivity contribution in [1.29, 1.82) is 0 Å². The van der Waals surface area contributed by atoms with Gasteiger partial charge in [0.05, 0.1) is 5.56 Å². The molecule has 0 saturated heterocycles. The summed E-state index contributed by atoms with van der Waals surface area (Å²) in [7, 11) is 0. The predicted octanol–water partition coefficient (Wildman–Crippen LogP) is 3.16. The summed E-state index contributed by atoms with van der Waals surface area (Å²) in [5.74, 6) is 0.182. The van der Waals surface area contributed by atoms with E-state index in [9.17, 15) is 13.2 Å². The van der Waals surface area contributed by atoms with Gasteiger partial charge in [0.2, 0.25) is 0 Å². The van der Waals surface area contributed by atoms with E-state index in [-0.39, 0.29) is 17.9 Å². The molecule has 1 nitrogen and oxygen atoms in total. The molecule has 0 aromatic heterocycles.